The van der Waals surface area contributed by atoms with Crippen molar-refractivity contribution < 1.29 is 4.79 Å². The summed E-state index contributed by atoms with van der Waals surface area (Å²) in [5.41, 5.74) is 1.56. The zero-order valence-corrected chi connectivity index (χ0v) is 10.5. The van der Waals surface area contributed by atoms with E-state index in [1.54, 1.807) is 6.20 Å². The number of pyridine rings is 1. The summed E-state index contributed by atoms with van der Waals surface area (Å²) in [7, 11) is 0. The molecule has 2 heterocycles. The maximum atomic E-state index is 12.0. The van der Waals surface area contributed by atoms with E-state index in [0.29, 0.717) is 10.8 Å². The maximum absolute atomic E-state index is 12.0. The fraction of sp³-hybridized carbons (Fsp3) is 0.500. The molecule has 0 saturated carbocycles. The number of amides is 1. The number of carbonyl (C=O) groups is 1. The van der Waals surface area contributed by atoms with E-state index < -0.39 is 0 Å². The van der Waals surface area contributed by atoms with Crippen LogP contribution in [-0.4, -0.2) is 24.0 Å². The molecule has 1 aromatic heterocycles. The first-order valence-corrected chi connectivity index (χ1v) is 6.19. The second kappa shape index (κ2) is 5.47. The van der Waals surface area contributed by atoms with Gasteiger partial charge in [0, 0.05) is 12.7 Å². The molecule has 1 aliphatic rings. The molecule has 0 radical (unpaired) electrons. The average molecular weight is 254 g/mol. The third kappa shape index (κ3) is 2.96. The summed E-state index contributed by atoms with van der Waals surface area (Å²) in [5, 5.41) is 6.45. The molecule has 1 atom stereocenters. The molecule has 1 aromatic rings. The minimum atomic E-state index is 0.0233. The van der Waals surface area contributed by atoms with Gasteiger partial charge in [-0.3, -0.25) is 4.79 Å². The lowest BCUT2D eigenvalue weighted by molar-refractivity contribution is -0.120. The summed E-state index contributed by atoms with van der Waals surface area (Å²) in [6, 6.07) is 1.83. The van der Waals surface area contributed by atoms with Crippen LogP contribution in [0.25, 0.3) is 0 Å². The van der Waals surface area contributed by atoms with E-state index in [1.165, 1.54) is 0 Å². The van der Waals surface area contributed by atoms with E-state index >= 15 is 0 Å². The Balaban J connectivity index is 2.07. The molecule has 0 spiro atoms. The Bertz CT molecular complexity index is 396. The van der Waals surface area contributed by atoms with Crippen molar-refractivity contribution in [1.82, 2.24) is 10.3 Å². The molecule has 1 unspecified atom stereocenters. The number of halogens is 1. The summed E-state index contributed by atoms with van der Waals surface area (Å²) in [5.74, 6) is 0.0506. The minimum Gasteiger partial charge on any atom is -0.323 e. The van der Waals surface area contributed by atoms with E-state index in [-0.39, 0.29) is 11.8 Å². The predicted octanol–water partition coefficient (Wildman–Crippen LogP) is 1.98. The van der Waals surface area contributed by atoms with Gasteiger partial charge in [0.25, 0.3) is 0 Å². The van der Waals surface area contributed by atoms with Gasteiger partial charge >= 0.3 is 0 Å². The normalized spacial score (nSPS) is 20.0. The maximum Gasteiger partial charge on any atom is 0.228 e. The number of hydrogen-bond acceptors (Lipinski definition) is 3. The Kier molecular flexibility index (Phi) is 3.97. The Hall–Kier alpha value is -1.13. The third-order valence-electron chi connectivity index (χ3n) is 3.03. The Morgan fingerprint density at radius 1 is 1.65 bits per heavy atom. The molecule has 0 aromatic carbocycles. The lowest BCUT2D eigenvalue weighted by atomic mass is 9.99. The zero-order chi connectivity index (χ0) is 12.3. The number of rotatable bonds is 2. The highest BCUT2D eigenvalue weighted by molar-refractivity contribution is 6.32. The molecule has 4 nitrogen and oxygen atoms in total. The Morgan fingerprint density at radius 3 is 3.12 bits per heavy atom. The molecular weight excluding hydrogens is 238 g/mol. The van der Waals surface area contributed by atoms with E-state index in [9.17, 15) is 4.79 Å². The van der Waals surface area contributed by atoms with Gasteiger partial charge in [-0.2, -0.15) is 0 Å². The largest absolute Gasteiger partial charge is 0.323 e. The smallest absolute Gasteiger partial charge is 0.228 e. The predicted molar refractivity (Wildman–Crippen MR) is 68.2 cm³/mol. The van der Waals surface area contributed by atoms with Crippen molar-refractivity contribution >= 4 is 23.2 Å². The Labute approximate surface area is 106 Å². The molecular formula is C12H16ClN3O. The van der Waals surface area contributed by atoms with Gasteiger partial charge in [-0.1, -0.05) is 11.6 Å². The molecule has 1 saturated heterocycles. The summed E-state index contributed by atoms with van der Waals surface area (Å²) >= 11 is 5.97. The van der Waals surface area contributed by atoms with E-state index in [2.05, 4.69) is 15.6 Å². The number of aryl methyl sites for hydroxylation is 1. The summed E-state index contributed by atoms with van der Waals surface area (Å²) in [6.45, 7) is 3.64. The van der Waals surface area contributed by atoms with Gasteiger partial charge in [0.05, 0.1) is 11.6 Å². The van der Waals surface area contributed by atoms with Crippen LogP contribution in [0.2, 0.25) is 5.15 Å². The van der Waals surface area contributed by atoms with Crippen molar-refractivity contribution in [3.63, 3.8) is 0 Å². The molecule has 1 fully saturated rings. The van der Waals surface area contributed by atoms with Crippen molar-refractivity contribution in [3.8, 4) is 0 Å². The molecule has 2 rings (SSSR count). The molecule has 5 heteroatoms. The van der Waals surface area contributed by atoms with Gasteiger partial charge in [0.1, 0.15) is 0 Å². The first-order valence-electron chi connectivity index (χ1n) is 5.81. The first-order chi connectivity index (χ1) is 8.18. The molecule has 1 aliphatic heterocycles. The number of anilines is 1. The van der Waals surface area contributed by atoms with E-state index in [4.69, 9.17) is 11.6 Å². The number of carbonyl (C=O) groups excluding carboxylic acids is 1. The van der Waals surface area contributed by atoms with Crippen LogP contribution in [0, 0.1) is 12.8 Å². The van der Waals surface area contributed by atoms with Gasteiger partial charge in [-0.15, -0.1) is 0 Å². The quantitative estimate of drug-likeness (QED) is 0.793. The summed E-state index contributed by atoms with van der Waals surface area (Å²) in [4.78, 5) is 16.0. The number of piperidine rings is 1. The van der Waals surface area contributed by atoms with Crippen LogP contribution in [0.3, 0.4) is 0 Å². The number of nitrogens with zero attached hydrogens (tertiary/aromatic N) is 1. The SMILES string of the molecule is Cc1ccnc(Cl)c1NC(=O)C1CCCNC1. The number of hydrogen-bond donors (Lipinski definition) is 2. The molecule has 92 valence electrons. The second-order valence-electron chi connectivity index (χ2n) is 4.33. The Morgan fingerprint density at radius 2 is 2.47 bits per heavy atom. The lowest BCUT2D eigenvalue weighted by Gasteiger charge is -2.22. The highest BCUT2D eigenvalue weighted by atomic mass is 35.5. The lowest BCUT2D eigenvalue weighted by Crippen LogP contribution is -2.37. The van der Waals surface area contributed by atoms with Crippen molar-refractivity contribution in [1.29, 1.82) is 0 Å². The van der Waals surface area contributed by atoms with Gasteiger partial charge in [-0.25, -0.2) is 4.98 Å². The van der Waals surface area contributed by atoms with Crippen molar-refractivity contribution in [3.05, 3.63) is 23.0 Å². The second-order valence-corrected chi connectivity index (χ2v) is 4.68. The van der Waals surface area contributed by atoms with Crippen LogP contribution in [-0.2, 0) is 4.79 Å². The molecule has 0 aliphatic carbocycles. The first kappa shape index (κ1) is 12.3. The molecule has 0 bridgehead atoms. The minimum absolute atomic E-state index is 0.0233. The zero-order valence-electron chi connectivity index (χ0n) is 9.79. The standard InChI is InChI=1S/C12H16ClN3O/c1-8-4-6-15-11(13)10(8)16-12(17)9-3-2-5-14-7-9/h4,6,9,14H,2-3,5,7H2,1H3,(H,16,17). The van der Waals surface area contributed by atoms with Crippen LogP contribution >= 0.6 is 11.6 Å². The third-order valence-corrected chi connectivity index (χ3v) is 3.32. The fourth-order valence-corrected chi connectivity index (χ4v) is 2.23. The van der Waals surface area contributed by atoms with Crippen molar-refractivity contribution in [2.24, 2.45) is 5.92 Å². The van der Waals surface area contributed by atoms with Crippen LogP contribution in [0.15, 0.2) is 12.3 Å². The molecule has 17 heavy (non-hydrogen) atoms. The van der Waals surface area contributed by atoms with Gasteiger partial charge in [-0.05, 0) is 37.9 Å². The van der Waals surface area contributed by atoms with Crippen LogP contribution < -0.4 is 10.6 Å². The number of aromatic nitrogens is 1. The summed E-state index contributed by atoms with van der Waals surface area (Å²) < 4.78 is 0. The highest BCUT2D eigenvalue weighted by Gasteiger charge is 2.22. The average Bonchev–Trinajstić information content (AvgIpc) is 2.35. The monoisotopic (exact) mass is 253 g/mol. The van der Waals surface area contributed by atoms with E-state index in [0.717, 1.165) is 31.5 Å². The van der Waals surface area contributed by atoms with Crippen LogP contribution in [0.5, 0.6) is 0 Å². The van der Waals surface area contributed by atoms with Crippen LogP contribution in [0.1, 0.15) is 18.4 Å². The van der Waals surface area contributed by atoms with Gasteiger partial charge < -0.3 is 10.6 Å². The fourth-order valence-electron chi connectivity index (χ4n) is 1.98. The van der Waals surface area contributed by atoms with Gasteiger partial charge in [0.15, 0.2) is 5.15 Å². The van der Waals surface area contributed by atoms with Crippen molar-refractivity contribution in [2.75, 3.05) is 18.4 Å². The highest BCUT2D eigenvalue weighted by Crippen LogP contribution is 2.24. The van der Waals surface area contributed by atoms with Gasteiger partial charge in [0.2, 0.25) is 5.91 Å². The number of nitrogens with one attached hydrogen (secondary N) is 2. The molecule has 2 N–H and O–H groups in total. The summed E-state index contributed by atoms with van der Waals surface area (Å²) in [6.07, 6.45) is 3.60. The molecule has 1 amide bonds. The van der Waals surface area contributed by atoms with Crippen LogP contribution in [0.4, 0.5) is 5.69 Å². The topological polar surface area (TPSA) is 54.0 Å². The van der Waals surface area contributed by atoms with Crippen molar-refractivity contribution in [2.45, 2.75) is 19.8 Å². The van der Waals surface area contributed by atoms with E-state index in [1.807, 2.05) is 13.0 Å².